The van der Waals surface area contributed by atoms with Crippen LogP contribution in [-0.4, -0.2) is 9.67 Å². The van der Waals surface area contributed by atoms with E-state index in [2.05, 4.69) is 0 Å². The minimum Gasteiger partial charge on any atom is -0.389 e. The van der Waals surface area contributed by atoms with Gasteiger partial charge in [0.25, 0.3) is 5.56 Å². The third-order valence-electron chi connectivity index (χ3n) is 3.84. The van der Waals surface area contributed by atoms with Gasteiger partial charge in [-0.05, 0) is 35.6 Å². The summed E-state index contributed by atoms with van der Waals surface area (Å²) in [6.45, 7) is 1.72. The van der Waals surface area contributed by atoms with E-state index in [1.54, 1.807) is 24.6 Å². The van der Waals surface area contributed by atoms with Gasteiger partial charge in [-0.25, -0.2) is 0 Å². The molecule has 0 spiro atoms. The molecule has 0 aliphatic rings. The van der Waals surface area contributed by atoms with Crippen molar-refractivity contribution < 1.29 is 5.11 Å². The van der Waals surface area contributed by atoms with Gasteiger partial charge in [0, 0.05) is 12.4 Å². The SMILES string of the molecule is CC(O)c1cccc2c(=O)n(C)c(-c3ccccc3)cc12. The zero-order chi connectivity index (χ0) is 15.0. The van der Waals surface area contributed by atoms with Gasteiger partial charge in [-0.15, -0.1) is 0 Å². The van der Waals surface area contributed by atoms with E-state index in [1.807, 2.05) is 48.5 Å². The van der Waals surface area contributed by atoms with Crippen molar-refractivity contribution in [3.63, 3.8) is 0 Å². The maximum atomic E-state index is 12.6. The summed E-state index contributed by atoms with van der Waals surface area (Å²) in [6, 6.07) is 17.3. The number of pyridine rings is 1. The number of rotatable bonds is 2. The van der Waals surface area contributed by atoms with E-state index in [0.717, 1.165) is 22.2 Å². The Kier molecular flexibility index (Phi) is 3.35. The molecule has 0 bridgehead atoms. The second-order valence-electron chi connectivity index (χ2n) is 5.24. The fraction of sp³-hybridized carbons (Fsp3) is 0.167. The lowest BCUT2D eigenvalue weighted by Crippen LogP contribution is -2.19. The minimum atomic E-state index is -0.607. The van der Waals surface area contributed by atoms with Crippen molar-refractivity contribution in [1.29, 1.82) is 0 Å². The molecule has 1 unspecified atom stereocenters. The highest BCUT2D eigenvalue weighted by Gasteiger charge is 2.12. The third-order valence-corrected chi connectivity index (χ3v) is 3.84. The molecule has 1 aromatic heterocycles. The van der Waals surface area contributed by atoms with Gasteiger partial charge in [0.2, 0.25) is 0 Å². The van der Waals surface area contributed by atoms with Crippen LogP contribution in [0.2, 0.25) is 0 Å². The number of hydrogen-bond acceptors (Lipinski definition) is 2. The summed E-state index contributed by atoms with van der Waals surface area (Å²) < 4.78 is 1.66. The molecule has 106 valence electrons. The molecule has 0 amide bonds. The molecule has 1 heterocycles. The smallest absolute Gasteiger partial charge is 0.258 e. The Morgan fingerprint density at radius 1 is 1.00 bits per heavy atom. The maximum absolute atomic E-state index is 12.6. The van der Waals surface area contributed by atoms with Crippen molar-refractivity contribution in [3.8, 4) is 11.3 Å². The van der Waals surface area contributed by atoms with E-state index in [9.17, 15) is 9.90 Å². The van der Waals surface area contributed by atoms with Crippen LogP contribution < -0.4 is 5.56 Å². The summed E-state index contributed by atoms with van der Waals surface area (Å²) in [6.07, 6.45) is -0.607. The molecule has 0 aliphatic heterocycles. The van der Waals surface area contributed by atoms with E-state index in [4.69, 9.17) is 0 Å². The monoisotopic (exact) mass is 279 g/mol. The number of fused-ring (bicyclic) bond motifs is 1. The molecular formula is C18H17NO2. The molecule has 1 N–H and O–H groups in total. The highest BCUT2D eigenvalue weighted by atomic mass is 16.3. The van der Waals surface area contributed by atoms with Crippen LogP contribution in [0.25, 0.3) is 22.0 Å². The number of aliphatic hydroxyl groups excluding tert-OH is 1. The molecule has 1 atom stereocenters. The fourth-order valence-corrected chi connectivity index (χ4v) is 2.70. The molecule has 21 heavy (non-hydrogen) atoms. The number of benzene rings is 2. The summed E-state index contributed by atoms with van der Waals surface area (Å²) >= 11 is 0. The van der Waals surface area contributed by atoms with E-state index >= 15 is 0 Å². The Morgan fingerprint density at radius 2 is 1.71 bits per heavy atom. The van der Waals surface area contributed by atoms with Gasteiger partial charge < -0.3 is 9.67 Å². The second kappa shape index (κ2) is 5.19. The molecule has 3 heteroatoms. The van der Waals surface area contributed by atoms with Crippen molar-refractivity contribution in [3.05, 3.63) is 70.5 Å². The van der Waals surface area contributed by atoms with Crippen LogP contribution in [0.3, 0.4) is 0 Å². The molecule has 0 fully saturated rings. The third kappa shape index (κ3) is 2.26. The standard InChI is InChI=1S/C18H17NO2/c1-12(20)14-9-6-10-15-16(14)11-17(19(2)18(15)21)13-7-4-3-5-8-13/h3-12,20H,1-2H3. The summed E-state index contributed by atoms with van der Waals surface area (Å²) in [5, 5.41) is 11.4. The first-order valence-electron chi connectivity index (χ1n) is 6.95. The van der Waals surface area contributed by atoms with Crippen LogP contribution in [0.1, 0.15) is 18.6 Å². The predicted octanol–water partition coefficient (Wildman–Crippen LogP) is 3.26. The molecule has 2 aromatic carbocycles. The van der Waals surface area contributed by atoms with E-state index < -0.39 is 6.10 Å². The maximum Gasteiger partial charge on any atom is 0.258 e. The van der Waals surface area contributed by atoms with Crippen molar-refractivity contribution >= 4 is 10.8 Å². The quantitative estimate of drug-likeness (QED) is 0.782. The largest absolute Gasteiger partial charge is 0.389 e. The molecule has 0 saturated carbocycles. The van der Waals surface area contributed by atoms with Gasteiger partial charge >= 0.3 is 0 Å². The van der Waals surface area contributed by atoms with Gasteiger partial charge in [-0.2, -0.15) is 0 Å². The normalized spacial score (nSPS) is 12.5. The van der Waals surface area contributed by atoms with Crippen LogP contribution in [0.4, 0.5) is 0 Å². The Balaban J connectivity index is 2.41. The average Bonchev–Trinajstić information content (AvgIpc) is 2.51. The van der Waals surface area contributed by atoms with Crippen molar-refractivity contribution in [2.45, 2.75) is 13.0 Å². The Hall–Kier alpha value is -2.39. The van der Waals surface area contributed by atoms with E-state index in [-0.39, 0.29) is 5.56 Å². The molecule has 0 saturated heterocycles. The summed E-state index contributed by atoms with van der Waals surface area (Å²) in [7, 11) is 1.78. The van der Waals surface area contributed by atoms with Crippen LogP contribution in [0.15, 0.2) is 59.4 Å². The minimum absolute atomic E-state index is 0.0474. The predicted molar refractivity (Wildman–Crippen MR) is 85.3 cm³/mol. The fourth-order valence-electron chi connectivity index (χ4n) is 2.70. The van der Waals surface area contributed by atoms with Crippen molar-refractivity contribution in [1.82, 2.24) is 4.57 Å². The number of hydrogen-bond donors (Lipinski definition) is 1. The lowest BCUT2D eigenvalue weighted by molar-refractivity contribution is 0.201. The van der Waals surface area contributed by atoms with Gasteiger partial charge in [0.15, 0.2) is 0 Å². The molecule has 0 aliphatic carbocycles. The molecular weight excluding hydrogens is 262 g/mol. The zero-order valence-corrected chi connectivity index (χ0v) is 12.1. The summed E-state index contributed by atoms with van der Waals surface area (Å²) in [5.74, 6) is 0. The van der Waals surface area contributed by atoms with Crippen molar-refractivity contribution in [2.75, 3.05) is 0 Å². The number of aliphatic hydroxyl groups is 1. The van der Waals surface area contributed by atoms with E-state index in [1.165, 1.54) is 0 Å². The topological polar surface area (TPSA) is 42.2 Å². The van der Waals surface area contributed by atoms with Gasteiger partial charge in [0.05, 0.1) is 11.8 Å². The zero-order valence-electron chi connectivity index (χ0n) is 12.1. The second-order valence-corrected chi connectivity index (χ2v) is 5.24. The summed E-state index contributed by atoms with van der Waals surface area (Å²) in [5.41, 5.74) is 2.57. The Labute approximate surface area is 123 Å². The summed E-state index contributed by atoms with van der Waals surface area (Å²) in [4.78, 5) is 12.6. The van der Waals surface area contributed by atoms with Crippen LogP contribution in [0.5, 0.6) is 0 Å². The van der Waals surface area contributed by atoms with Crippen LogP contribution >= 0.6 is 0 Å². The number of nitrogens with zero attached hydrogens (tertiary/aromatic N) is 1. The highest BCUT2D eigenvalue weighted by molar-refractivity contribution is 5.88. The first-order chi connectivity index (χ1) is 10.1. The number of aromatic nitrogens is 1. The van der Waals surface area contributed by atoms with Crippen LogP contribution in [-0.2, 0) is 7.05 Å². The van der Waals surface area contributed by atoms with Gasteiger partial charge in [-0.3, -0.25) is 4.79 Å². The first-order valence-corrected chi connectivity index (χ1v) is 6.95. The molecule has 3 aromatic rings. The highest BCUT2D eigenvalue weighted by Crippen LogP contribution is 2.26. The van der Waals surface area contributed by atoms with Gasteiger partial charge in [-0.1, -0.05) is 42.5 Å². The Morgan fingerprint density at radius 3 is 2.38 bits per heavy atom. The molecule has 3 rings (SSSR count). The van der Waals surface area contributed by atoms with E-state index in [0.29, 0.717) is 5.39 Å². The lowest BCUT2D eigenvalue weighted by atomic mass is 10.00. The average molecular weight is 279 g/mol. The van der Waals surface area contributed by atoms with Crippen molar-refractivity contribution in [2.24, 2.45) is 7.05 Å². The Bertz CT molecular complexity index is 848. The first kappa shape index (κ1) is 13.6. The molecule has 3 nitrogen and oxygen atoms in total. The van der Waals surface area contributed by atoms with Crippen LogP contribution in [0, 0.1) is 0 Å². The molecule has 0 radical (unpaired) electrons. The lowest BCUT2D eigenvalue weighted by Gasteiger charge is -2.14. The van der Waals surface area contributed by atoms with Gasteiger partial charge in [0.1, 0.15) is 0 Å².